The topological polar surface area (TPSA) is 73.3 Å². The van der Waals surface area contributed by atoms with Crippen LogP contribution in [0.5, 0.6) is 11.8 Å². The number of ether oxygens (including phenoxy) is 2. The van der Waals surface area contributed by atoms with E-state index in [1.54, 1.807) is 32.0 Å². The third-order valence-electron chi connectivity index (χ3n) is 4.64. The van der Waals surface area contributed by atoms with Gasteiger partial charge >= 0.3 is 0 Å². The van der Waals surface area contributed by atoms with E-state index < -0.39 is 0 Å². The van der Waals surface area contributed by atoms with E-state index in [0.717, 1.165) is 10.6 Å². The Hall–Kier alpha value is -3.06. The second kappa shape index (κ2) is 9.83. The molecule has 162 valence electrons. The number of benzene rings is 2. The van der Waals surface area contributed by atoms with Crippen molar-refractivity contribution in [1.82, 2.24) is 9.97 Å². The Balaban J connectivity index is 1.59. The second-order valence-corrected chi connectivity index (χ2v) is 9.01. The van der Waals surface area contributed by atoms with Crippen molar-refractivity contribution in [3.8, 4) is 11.8 Å². The highest BCUT2D eigenvalue weighted by Crippen LogP contribution is 2.26. The van der Waals surface area contributed by atoms with Gasteiger partial charge in [0.25, 0.3) is 5.91 Å². The summed E-state index contributed by atoms with van der Waals surface area (Å²) >= 11 is 1.59. The van der Waals surface area contributed by atoms with Crippen LogP contribution in [-0.4, -0.2) is 30.1 Å². The molecule has 7 heteroatoms. The van der Waals surface area contributed by atoms with Crippen LogP contribution in [0.15, 0.2) is 59.5 Å². The molecule has 1 heterocycles. The summed E-state index contributed by atoms with van der Waals surface area (Å²) in [7, 11) is 3.12. The lowest BCUT2D eigenvalue weighted by Gasteiger charge is -2.19. The molecule has 6 nitrogen and oxygen atoms in total. The van der Waals surface area contributed by atoms with E-state index in [1.165, 1.54) is 5.56 Å². The number of carbonyl (C=O) groups is 1. The average molecular weight is 438 g/mol. The Labute approximate surface area is 187 Å². The maximum absolute atomic E-state index is 12.5. The first kappa shape index (κ1) is 22.6. The molecule has 2 aromatic carbocycles. The third-order valence-corrected chi connectivity index (χ3v) is 5.64. The van der Waals surface area contributed by atoms with Crippen LogP contribution >= 0.6 is 11.8 Å². The minimum absolute atomic E-state index is 0.0591. The number of amides is 1. The summed E-state index contributed by atoms with van der Waals surface area (Å²) < 4.78 is 10.4. The number of methoxy groups -OCH3 is 2. The van der Waals surface area contributed by atoms with Gasteiger partial charge in [-0.25, -0.2) is 0 Å². The zero-order valence-electron chi connectivity index (χ0n) is 18.4. The molecule has 0 aliphatic carbocycles. The number of carbonyl (C=O) groups excluding carboxylic acids is 1. The van der Waals surface area contributed by atoms with Crippen LogP contribution in [0.1, 0.15) is 42.5 Å². The molecule has 1 amide bonds. The molecule has 0 atom stereocenters. The summed E-state index contributed by atoms with van der Waals surface area (Å²) in [4.78, 5) is 22.2. The number of hydrogen-bond donors (Lipinski definition) is 1. The summed E-state index contributed by atoms with van der Waals surface area (Å²) in [6.45, 7) is 6.45. The Morgan fingerprint density at radius 1 is 0.935 bits per heavy atom. The number of thioether (sulfide) groups is 1. The SMILES string of the molecule is COc1cc(OC)nc(CSc2ccc(NC(=O)c3ccc(C(C)(C)C)cc3)cc2)n1. The fourth-order valence-electron chi connectivity index (χ4n) is 2.83. The highest BCUT2D eigenvalue weighted by Gasteiger charge is 2.14. The fraction of sp³-hybridized carbons (Fsp3) is 0.292. The van der Waals surface area contributed by atoms with E-state index in [9.17, 15) is 4.79 Å². The van der Waals surface area contributed by atoms with Gasteiger partial charge in [0.05, 0.1) is 26.0 Å². The molecule has 0 unspecified atom stereocenters. The zero-order chi connectivity index (χ0) is 22.4. The Kier molecular flexibility index (Phi) is 7.17. The third kappa shape index (κ3) is 6.21. The van der Waals surface area contributed by atoms with Crippen molar-refractivity contribution in [2.45, 2.75) is 36.8 Å². The van der Waals surface area contributed by atoms with Crippen molar-refractivity contribution in [2.75, 3.05) is 19.5 Å². The highest BCUT2D eigenvalue weighted by molar-refractivity contribution is 7.98. The van der Waals surface area contributed by atoms with Gasteiger partial charge in [-0.3, -0.25) is 4.79 Å². The molecule has 0 radical (unpaired) electrons. The lowest BCUT2D eigenvalue weighted by Crippen LogP contribution is -2.14. The first-order valence-corrected chi connectivity index (χ1v) is 10.9. The van der Waals surface area contributed by atoms with Gasteiger partial charge in [0.1, 0.15) is 5.82 Å². The van der Waals surface area contributed by atoms with Crippen molar-refractivity contribution in [3.05, 3.63) is 71.5 Å². The smallest absolute Gasteiger partial charge is 0.255 e. The normalized spacial score (nSPS) is 11.1. The van der Waals surface area contributed by atoms with E-state index in [-0.39, 0.29) is 11.3 Å². The molecule has 0 aliphatic rings. The maximum atomic E-state index is 12.5. The van der Waals surface area contributed by atoms with E-state index in [0.29, 0.717) is 28.9 Å². The number of aromatic nitrogens is 2. The molecule has 0 spiro atoms. The summed E-state index contributed by atoms with van der Waals surface area (Å²) in [5.41, 5.74) is 2.64. The minimum atomic E-state index is -0.127. The van der Waals surface area contributed by atoms with Crippen LogP contribution in [0.2, 0.25) is 0 Å². The molecular formula is C24H27N3O3S. The van der Waals surface area contributed by atoms with Gasteiger partial charge < -0.3 is 14.8 Å². The Bertz CT molecular complexity index is 1010. The molecule has 1 aromatic heterocycles. The summed E-state index contributed by atoms with van der Waals surface area (Å²) in [5, 5.41) is 2.94. The van der Waals surface area contributed by atoms with Crippen LogP contribution in [0.4, 0.5) is 5.69 Å². The first-order valence-electron chi connectivity index (χ1n) is 9.89. The predicted octanol–water partition coefficient (Wildman–Crippen LogP) is 5.34. The molecule has 1 N–H and O–H groups in total. The van der Waals surface area contributed by atoms with Crippen LogP contribution in [-0.2, 0) is 11.2 Å². The van der Waals surface area contributed by atoms with E-state index in [1.807, 2.05) is 48.5 Å². The lowest BCUT2D eigenvalue weighted by atomic mass is 9.87. The van der Waals surface area contributed by atoms with Gasteiger partial charge in [-0.15, -0.1) is 11.8 Å². The maximum Gasteiger partial charge on any atom is 0.255 e. The van der Waals surface area contributed by atoms with Crippen molar-refractivity contribution >= 4 is 23.4 Å². The summed E-state index contributed by atoms with van der Waals surface area (Å²) in [6.07, 6.45) is 0. The van der Waals surface area contributed by atoms with Gasteiger partial charge in [-0.1, -0.05) is 32.9 Å². The zero-order valence-corrected chi connectivity index (χ0v) is 19.2. The van der Waals surface area contributed by atoms with Crippen molar-refractivity contribution < 1.29 is 14.3 Å². The molecule has 0 saturated heterocycles. The summed E-state index contributed by atoms with van der Waals surface area (Å²) in [5.74, 6) is 2.00. The monoisotopic (exact) mass is 437 g/mol. The van der Waals surface area contributed by atoms with Gasteiger partial charge in [0.2, 0.25) is 11.8 Å². The van der Waals surface area contributed by atoms with Crippen LogP contribution in [0.3, 0.4) is 0 Å². The number of rotatable bonds is 7. The molecule has 0 fully saturated rings. The predicted molar refractivity (Wildman–Crippen MR) is 124 cm³/mol. The largest absolute Gasteiger partial charge is 0.481 e. The molecule has 31 heavy (non-hydrogen) atoms. The van der Waals surface area contributed by atoms with Gasteiger partial charge in [-0.2, -0.15) is 9.97 Å². The van der Waals surface area contributed by atoms with Crippen LogP contribution < -0.4 is 14.8 Å². The first-order chi connectivity index (χ1) is 14.8. The van der Waals surface area contributed by atoms with Gasteiger partial charge in [-0.05, 0) is 47.4 Å². The van der Waals surface area contributed by atoms with E-state index >= 15 is 0 Å². The number of anilines is 1. The summed E-state index contributed by atoms with van der Waals surface area (Å²) in [6, 6.07) is 17.1. The van der Waals surface area contributed by atoms with Crippen molar-refractivity contribution in [2.24, 2.45) is 0 Å². The lowest BCUT2D eigenvalue weighted by molar-refractivity contribution is 0.102. The molecule has 0 saturated carbocycles. The van der Waals surface area contributed by atoms with E-state index in [4.69, 9.17) is 9.47 Å². The van der Waals surface area contributed by atoms with Crippen LogP contribution in [0, 0.1) is 0 Å². The van der Waals surface area contributed by atoms with Gasteiger partial charge in [0.15, 0.2) is 0 Å². The second-order valence-electron chi connectivity index (χ2n) is 7.96. The number of hydrogen-bond acceptors (Lipinski definition) is 6. The Morgan fingerprint density at radius 2 is 1.52 bits per heavy atom. The Morgan fingerprint density at radius 3 is 2.03 bits per heavy atom. The molecule has 0 aliphatic heterocycles. The fourth-order valence-corrected chi connectivity index (χ4v) is 3.58. The quantitative estimate of drug-likeness (QED) is 0.503. The standard InChI is InChI=1S/C24H27N3O3S/c1-24(2,3)17-8-6-16(7-9-17)23(28)25-18-10-12-19(13-11-18)31-15-20-26-21(29-4)14-22(27-20)30-5/h6-14H,15H2,1-5H3,(H,25,28). The van der Waals surface area contributed by atoms with Crippen molar-refractivity contribution in [1.29, 1.82) is 0 Å². The average Bonchev–Trinajstić information content (AvgIpc) is 2.77. The highest BCUT2D eigenvalue weighted by atomic mass is 32.2. The molecule has 0 bridgehead atoms. The minimum Gasteiger partial charge on any atom is -0.481 e. The van der Waals surface area contributed by atoms with Crippen molar-refractivity contribution in [3.63, 3.8) is 0 Å². The van der Waals surface area contributed by atoms with Gasteiger partial charge in [0, 0.05) is 16.1 Å². The molecule has 3 rings (SSSR count). The van der Waals surface area contributed by atoms with Crippen LogP contribution in [0.25, 0.3) is 0 Å². The number of nitrogens with zero attached hydrogens (tertiary/aromatic N) is 2. The van der Waals surface area contributed by atoms with E-state index in [2.05, 4.69) is 36.1 Å². The number of nitrogens with one attached hydrogen (secondary N) is 1. The molecular weight excluding hydrogens is 410 g/mol. The molecule has 3 aromatic rings.